The summed E-state index contributed by atoms with van der Waals surface area (Å²) in [6, 6.07) is 70.1. The predicted octanol–water partition coefficient (Wildman–Crippen LogP) is 17.7. The maximum atomic E-state index is 8.71. The zero-order valence-electron chi connectivity index (χ0n) is 37.2. The number of para-hydroxylation sites is 6. The first-order valence-corrected chi connectivity index (χ1v) is 25.0. The highest BCUT2D eigenvalue weighted by Gasteiger charge is 2.19. The lowest BCUT2D eigenvalue weighted by atomic mass is 9.94. The Hall–Kier alpha value is -7.86. The summed E-state index contributed by atoms with van der Waals surface area (Å²) < 4.78 is 23.2. The van der Waals surface area contributed by atoms with Crippen LogP contribution in [0.3, 0.4) is 0 Å². The fourth-order valence-corrected chi connectivity index (χ4v) is 12.3. The van der Waals surface area contributed by atoms with Crippen LogP contribution in [-0.4, -0.2) is 12.7 Å². The van der Waals surface area contributed by atoms with Gasteiger partial charge in [0.15, 0.2) is 0 Å². The molecule has 10 aromatic carbocycles. The van der Waals surface area contributed by atoms with E-state index in [4.69, 9.17) is 30.0 Å². The summed E-state index contributed by atoms with van der Waals surface area (Å²) in [7, 11) is 0.721. The molecule has 4 aromatic heterocycles. The summed E-state index contributed by atoms with van der Waals surface area (Å²) in [5.74, 6) is 0.696. The van der Waals surface area contributed by atoms with Crippen LogP contribution in [0.5, 0.6) is 5.75 Å². The smallest absolute Gasteiger partial charge is 0.536 e. The lowest BCUT2D eigenvalue weighted by Gasteiger charge is -2.13. The zero-order chi connectivity index (χ0) is 47.3. The van der Waals surface area contributed by atoms with E-state index in [1.807, 2.05) is 102 Å². The first-order chi connectivity index (χ1) is 34.4. The molecule has 5 N–H and O–H groups in total. The lowest BCUT2D eigenvalue weighted by molar-refractivity contribution is 0.457. The molecular formula is C60H41BBrN2O4S2. The molecular weight excluding hydrogens is 968 g/mol. The maximum Gasteiger partial charge on any atom is 0.569 e. The largest absolute Gasteiger partial charge is 0.569 e. The van der Waals surface area contributed by atoms with Gasteiger partial charge in [0, 0.05) is 102 Å². The second-order valence-corrected chi connectivity index (χ2v) is 19.7. The second kappa shape index (κ2) is 18.2. The van der Waals surface area contributed by atoms with E-state index < -0.39 is 0 Å². The van der Waals surface area contributed by atoms with Gasteiger partial charge in [-0.2, -0.15) is 0 Å². The zero-order valence-corrected chi connectivity index (χ0v) is 40.4. The predicted molar refractivity (Wildman–Crippen MR) is 303 cm³/mol. The van der Waals surface area contributed by atoms with Gasteiger partial charge in [-0.15, -0.1) is 22.7 Å². The molecule has 0 aliphatic heterocycles. The van der Waals surface area contributed by atoms with Crippen molar-refractivity contribution in [2.24, 2.45) is 0 Å². The van der Waals surface area contributed by atoms with E-state index in [9.17, 15) is 0 Å². The molecule has 0 unspecified atom stereocenters. The van der Waals surface area contributed by atoms with Gasteiger partial charge in [-0.3, -0.25) is 0 Å². The minimum absolute atomic E-state index is 0. The van der Waals surface area contributed by atoms with Crippen LogP contribution in [0.1, 0.15) is 1.43 Å². The van der Waals surface area contributed by atoms with Gasteiger partial charge in [-0.25, -0.2) is 0 Å². The average molecular weight is 1010 g/mol. The number of halogens is 1. The molecule has 0 spiro atoms. The standard InChI is InChI=1S/C30H19NOS.C18H12BrNO.C12H8BO2S.H2/c31-28-20(23-13-6-12-22-18-8-1-3-16-26(18)32-29(22)23)10-5-11-21(28)25-15-7-14-24-19-9-2-4-17-27(19)33-30(24)25;19-15-9-4-6-12(17(15)20)14-8-3-7-13-11-5-1-2-10-16(11)21-18(13)14;14-13-15-10-6-3-5-9-8-4-1-2-7-11(8)16-12(9)10;/h1-17H,31H2;1-10H,20H2;1-7,14H;1H/i;;;1+1. The summed E-state index contributed by atoms with van der Waals surface area (Å²) in [6.45, 7) is 0. The monoisotopic (exact) mass is 1010 g/mol. The van der Waals surface area contributed by atoms with Crippen molar-refractivity contribution in [1.29, 1.82) is 0 Å². The highest BCUT2D eigenvalue weighted by molar-refractivity contribution is 9.10. The van der Waals surface area contributed by atoms with Crippen molar-refractivity contribution < 1.29 is 19.9 Å². The van der Waals surface area contributed by atoms with Gasteiger partial charge >= 0.3 is 7.69 Å². The van der Waals surface area contributed by atoms with Gasteiger partial charge in [0.25, 0.3) is 0 Å². The summed E-state index contributed by atoms with van der Waals surface area (Å²) >= 11 is 6.98. The molecule has 1 radical (unpaired) electrons. The molecule has 0 atom stereocenters. The van der Waals surface area contributed by atoms with Crippen molar-refractivity contribution in [2.45, 2.75) is 0 Å². The van der Waals surface area contributed by atoms with Crippen molar-refractivity contribution in [3.63, 3.8) is 0 Å². The molecule has 70 heavy (non-hydrogen) atoms. The SMILES string of the molecule is Nc1c(-c2cccc3c2oc2ccccc23)cccc1-c1cccc2c1sc1ccccc12.Nc1c(Br)cccc1-c1cccc2c1oc1ccccc12.O[B]Oc1cccc2c1sc1ccccc12.[2HH]. The summed E-state index contributed by atoms with van der Waals surface area (Å²) in [5, 5.41) is 18.1. The third kappa shape index (κ3) is 7.53. The number of nitrogen functional groups attached to an aromatic ring is 2. The number of thiophene rings is 2. The average Bonchev–Trinajstić information content (AvgIpc) is 4.19. The van der Waals surface area contributed by atoms with Crippen LogP contribution in [0.25, 0.3) is 118 Å². The van der Waals surface area contributed by atoms with Crippen LogP contribution in [0, 0.1) is 0 Å². The number of fused-ring (bicyclic) bond motifs is 12. The highest BCUT2D eigenvalue weighted by atomic mass is 79.9. The van der Waals surface area contributed by atoms with Gasteiger partial charge < -0.3 is 30.0 Å². The van der Waals surface area contributed by atoms with Crippen molar-refractivity contribution in [1.82, 2.24) is 0 Å². The molecule has 0 aliphatic rings. The van der Waals surface area contributed by atoms with E-state index in [0.29, 0.717) is 5.75 Å². The first kappa shape index (κ1) is 43.4. The molecule has 0 fully saturated rings. The Balaban J connectivity index is 0.000000124. The van der Waals surface area contributed by atoms with Gasteiger partial charge in [0.1, 0.15) is 28.1 Å². The summed E-state index contributed by atoms with van der Waals surface area (Å²) in [6.07, 6.45) is 0. The van der Waals surface area contributed by atoms with E-state index in [0.717, 1.165) is 99.9 Å². The minimum Gasteiger partial charge on any atom is -0.536 e. The Morgan fingerprint density at radius 1 is 0.400 bits per heavy atom. The van der Waals surface area contributed by atoms with Gasteiger partial charge in [-0.1, -0.05) is 170 Å². The quantitative estimate of drug-likeness (QED) is 0.117. The van der Waals surface area contributed by atoms with E-state index in [-0.39, 0.29) is 1.43 Å². The fraction of sp³-hybridized carbons (Fsp3) is 0. The molecule has 0 bridgehead atoms. The van der Waals surface area contributed by atoms with Crippen molar-refractivity contribution in [3.05, 3.63) is 211 Å². The van der Waals surface area contributed by atoms with Crippen molar-refractivity contribution in [2.75, 3.05) is 11.5 Å². The molecule has 337 valence electrons. The number of hydrogen-bond acceptors (Lipinski definition) is 8. The summed E-state index contributed by atoms with van der Waals surface area (Å²) in [5.41, 5.74) is 24.4. The fourth-order valence-electron chi connectivity index (χ4n) is 9.56. The molecule has 14 aromatic rings. The molecule has 0 saturated heterocycles. The van der Waals surface area contributed by atoms with Crippen molar-refractivity contribution in [3.8, 4) is 39.1 Å². The molecule has 10 heteroatoms. The molecule has 0 amide bonds. The number of anilines is 2. The summed E-state index contributed by atoms with van der Waals surface area (Å²) in [4.78, 5) is 0. The van der Waals surface area contributed by atoms with Crippen molar-refractivity contribution >= 4 is 142 Å². The number of furan rings is 2. The highest BCUT2D eigenvalue weighted by Crippen LogP contribution is 2.46. The van der Waals surface area contributed by atoms with Crippen LogP contribution in [0.2, 0.25) is 0 Å². The van der Waals surface area contributed by atoms with Crippen LogP contribution in [0.4, 0.5) is 11.4 Å². The van der Waals surface area contributed by atoms with Crippen LogP contribution >= 0.6 is 38.6 Å². The Morgan fingerprint density at radius 3 is 1.39 bits per heavy atom. The third-order valence-corrected chi connectivity index (χ3v) is 15.9. The van der Waals surface area contributed by atoms with E-state index in [2.05, 4.69) is 131 Å². The van der Waals surface area contributed by atoms with Gasteiger partial charge in [0.05, 0.1) is 10.4 Å². The molecule has 0 saturated carbocycles. The molecule has 6 nitrogen and oxygen atoms in total. The second-order valence-electron chi connectivity index (χ2n) is 16.8. The number of hydrogen-bond donors (Lipinski definition) is 3. The molecule has 14 rings (SSSR count). The van der Waals surface area contributed by atoms with Gasteiger partial charge in [0.2, 0.25) is 0 Å². The molecule has 0 aliphatic carbocycles. The topological polar surface area (TPSA) is 108 Å². The van der Waals surface area contributed by atoms with E-state index >= 15 is 0 Å². The Bertz CT molecular complexity index is 4160. The van der Waals surface area contributed by atoms with E-state index in [1.54, 1.807) is 11.3 Å². The number of nitrogens with two attached hydrogens (primary N) is 2. The minimum atomic E-state index is 0. The molecule has 4 heterocycles. The maximum absolute atomic E-state index is 8.71. The first-order valence-electron chi connectivity index (χ1n) is 22.6. The normalized spacial score (nSPS) is 11.4. The Morgan fingerprint density at radius 2 is 0.800 bits per heavy atom. The van der Waals surface area contributed by atoms with E-state index in [1.165, 1.54) is 41.2 Å². The van der Waals surface area contributed by atoms with Crippen LogP contribution in [0.15, 0.2) is 220 Å². The van der Waals surface area contributed by atoms with Crippen LogP contribution in [-0.2, 0) is 0 Å². The Labute approximate surface area is 420 Å². The number of benzene rings is 10. The van der Waals surface area contributed by atoms with Gasteiger partial charge in [-0.05, 0) is 52.3 Å². The lowest BCUT2D eigenvalue weighted by Crippen LogP contribution is -1.99. The third-order valence-electron chi connectivity index (χ3n) is 12.8. The number of rotatable bonds is 5. The Kier molecular flexibility index (Phi) is 11.3. The van der Waals surface area contributed by atoms with Crippen LogP contribution < -0.4 is 16.1 Å².